The second-order valence-electron chi connectivity index (χ2n) is 9.35. The van der Waals surface area contributed by atoms with Gasteiger partial charge in [-0.1, -0.05) is 43.9 Å². The van der Waals surface area contributed by atoms with Gasteiger partial charge in [-0.3, -0.25) is 19.1 Å². The molecular formula is C24H36NO7P. The Balaban J connectivity index is 2.39. The second-order valence-corrected chi connectivity index (χ2v) is 11.0. The third-order valence-corrected chi connectivity index (χ3v) is 8.13. The number of carboxylic acids is 2. The molecule has 1 unspecified atom stereocenters. The summed E-state index contributed by atoms with van der Waals surface area (Å²) in [6.07, 6.45) is 4.52. The largest absolute Gasteiger partial charge is 0.481 e. The van der Waals surface area contributed by atoms with Crippen LogP contribution < -0.4 is 0 Å². The average molecular weight is 482 g/mol. The van der Waals surface area contributed by atoms with Gasteiger partial charge in [0.25, 0.3) is 0 Å². The predicted molar refractivity (Wildman–Crippen MR) is 127 cm³/mol. The van der Waals surface area contributed by atoms with Gasteiger partial charge in [0.05, 0.1) is 11.8 Å². The summed E-state index contributed by atoms with van der Waals surface area (Å²) in [6.45, 7) is 3.92. The first kappa shape index (κ1) is 27.2. The number of hydrogen-bond acceptors (Lipinski definition) is 4. The lowest BCUT2D eigenvalue weighted by Crippen LogP contribution is -2.49. The molecule has 0 spiro atoms. The van der Waals surface area contributed by atoms with Gasteiger partial charge < -0.3 is 20.0 Å². The molecule has 1 aromatic rings. The summed E-state index contributed by atoms with van der Waals surface area (Å²) in [6, 6.07) is 7.68. The van der Waals surface area contributed by atoms with Crippen LogP contribution in [-0.2, 0) is 19.6 Å². The number of hydrogen-bond donors (Lipinski definition) is 4. The first-order valence-electron chi connectivity index (χ1n) is 11.5. The van der Waals surface area contributed by atoms with Crippen LogP contribution in [0.1, 0.15) is 83.6 Å². The van der Waals surface area contributed by atoms with Gasteiger partial charge in [-0.15, -0.1) is 0 Å². The van der Waals surface area contributed by atoms with E-state index in [2.05, 4.69) is 0 Å². The normalized spacial score (nSPS) is 18.1. The lowest BCUT2D eigenvalue weighted by Gasteiger charge is -2.48. The van der Waals surface area contributed by atoms with E-state index in [1.165, 1.54) is 0 Å². The zero-order valence-electron chi connectivity index (χ0n) is 19.5. The standard InChI is InChI=1S/C24H36NO7P/c1-18-23(2,19-11-7-8-12-20(19)25-18)24(17-33(30,31)32,15-9-3-5-13-21(26)27)16-10-4-6-14-22(28)29/h7-8,11-12H,3-6,9-10,13-17H2,1-2H3,(H,26,27)(H,28,29)(H2,30,31,32). The van der Waals surface area contributed by atoms with Gasteiger partial charge >= 0.3 is 19.5 Å². The molecular weight excluding hydrogens is 445 g/mol. The number of para-hydroxylation sites is 1. The highest BCUT2D eigenvalue weighted by atomic mass is 31.2. The van der Waals surface area contributed by atoms with E-state index in [-0.39, 0.29) is 19.0 Å². The number of benzene rings is 1. The molecule has 184 valence electrons. The molecule has 33 heavy (non-hydrogen) atoms. The van der Waals surface area contributed by atoms with Crippen molar-refractivity contribution in [3.05, 3.63) is 29.8 Å². The molecule has 9 heteroatoms. The Bertz CT molecular complexity index is 899. The van der Waals surface area contributed by atoms with E-state index in [4.69, 9.17) is 15.2 Å². The quantitative estimate of drug-likeness (QED) is 0.197. The highest BCUT2D eigenvalue weighted by Gasteiger charge is 2.55. The number of aliphatic imine (C=N–C) groups is 1. The maximum Gasteiger partial charge on any atom is 0.326 e. The lowest BCUT2D eigenvalue weighted by molar-refractivity contribution is -0.138. The summed E-state index contributed by atoms with van der Waals surface area (Å²) in [5.74, 6) is -1.70. The smallest absolute Gasteiger partial charge is 0.326 e. The van der Waals surface area contributed by atoms with Gasteiger partial charge in [0.1, 0.15) is 0 Å². The molecule has 0 bridgehead atoms. The maximum atomic E-state index is 12.4. The van der Waals surface area contributed by atoms with Crippen LogP contribution in [0.25, 0.3) is 0 Å². The van der Waals surface area contributed by atoms with Gasteiger partial charge in [-0.2, -0.15) is 0 Å². The molecule has 0 saturated heterocycles. The highest BCUT2D eigenvalue weighted by molar-refractivity contribution is 7.51. The van der Waals surface area contributed by atoms with Crippen molar-refractivity contribution in [1.29, 1.82) is 0 Å². The van der Waals surface area contributed by atoms with Crippen LogP contribution in [0.15, 0.2) is 29.3 Å². The first-order valence-corrected chi connectivity index (χ1v) is 13.3. The van der Waals surface area contributed by atoms with Crippen molar-refractivity contribution < 1.29 is 34.2 Å². The number of unbranched alkanes of at least 4 members (excludes halogenated alkanes) is 4. The molecule has 1 aliphatic heterocycles. The summed E-state index contributed by atoms with van der Waals surface area (Å²) < 4.78 is 12.4. The van der Waals surface area contributed by atoms with Crippen LogP contribution in [0.3, 0.4) is 0 Å². The monoisotopic (exact) mass is 481 g/mol. The zero-order valence-corrected chi connectivity index (χ0v) is 20.4. The summed E-state index contributed by atoms with van der Waals surface area (Å²) in [5.41, 5.74) is 1.09. The van der Waals surface area contributed by atoms with E-state index in [9.17, 15) is 23.9 Å². The molecule has 0 radical (unpaired) electrons. The van der Waals surface area contributed by atoms with Crippen LogP contribution in [0, 0.1) is 5.41 Å². The van der Waals surface area contributed by atoms with E-state index >= 15 is 0 Å². The fourth-order valence-corrected chi connectivity index (χ4v) is 6.74. The zero-order chi connectivity index (χ0) is 24.7. The van der Waals surface area contributed by atoms with Crippen molar-refractivity contribution >= 4 is 30.9 Å². The Kier molecular flexibility index (Phi) is 9.41. The van der Waals surface area contributed by atoms with Crippen LogP contribution in [0.4, 0.5) is 5.69 Å². The van der Waals surface area contributed by atoms with E-state index in [0.29, 0.717) is 51.4 Å². The number of aliphatic carboxylic acids is 2. The number of fused-ring (bicyclic) bond motifs is 1. The minimum atomic E-state index is -4.41. The maximum absolute atomic E-state index is 12.4. The molecule has 0 saturated carbocycles. The Labute approximate surface area is 195 Å². The molecule has 1 aliphatic rings. The van der Waals surface area contributed by atoms with Gasteiger partial charge in [-0.25, -0.2) is 0 Å². The number of carboxylic acid groups (broad SMARTS) is 2. The van der Waals surface area contributed by atoms with Gasteiger partial charge in [-0.05, 0) is 56.6 Å². The molecule has 1 atom stereocenters. The van der Waals surface area contributed by atoms with E-state index in [0.717, 1.165) is 17.0 Å². The van der Waals surface area contributed by atoms with Gasteiger partial charge in [0, 0.05) is 24.0 Å². The average Bonchev–Trinajstić information content (AvgIpc) is 2.97. The minimum absolute atomic E-state index is 0.0707. The molecule has 1 heterocycles. The molecule has 0 aromatic heterocycles. The Hall–Kier alpha value is -2.02. The first-order chi connectivity index (χ1) is 15.4. The Morgan fingerprint density at radius 2 is 1.45 bits per heavy atom. The SMILES string of the molecule is CC1=Nc2ccccc2C1(C)C(CCCCCC(=O)O)(CCCCCC(=O)O)CP(=O)(O)O. The van der Waals surface area contributed by atoms with Gasteiger partial charge in [0.15, 0.2) is 0 Å². The van der Waals surface area contributed by atoms with Crippen molar-refractivity contribution in [2.24, 2.45) is 10.4 Å². The Morgan fingerprint density at radius 1 is 0.939 bits per heavy atom. The van der Waals surface area contributed by atoms with E-state index < -0.39 is 30.4 Å². The van der Waals surface area contributed by atoms with Crippen molar-refractivity contribution in [3.63, 3.8) is 0 Å². The molecule has 0 fully saturated rings. The van der Waals surface area contributed by atoms with Crippen molar-refractivity contribution in [3.8, 4) is 0 Å². The van der Waals surface area contributed by atoms with Crippen LogP contribution in [0.2, 0.25) is 0 Å². The molecule has 2 rings (SSSR count). The van der Waals surface area contributed by atoms with Crippen molar-refractivity contribution in [1.82, 2.24) is 0 Å². The summed E-state index contributed by atoms with van der Waals surface area (Å²) in [4.78, 5) is 46.8. The summed E-state index contributed by atoms with van der Waals surface area (Å²) in [7, 11) is -4.41. The predicted octanol–water partition coefficient (Wildman–Crippen LogP) is 5.28. The molecule has 4 N–H and O–H groups in total. The topological polar surface area (TPSA) is 144 Å². The summed E-state index contributed by atoms with van der Waals surface area (Å²) >= 11 is 0. The van der Waals surface area contributed by atoms with Crippen molar-refractivity contribution in [2.45, 2.75) is 83.5 Å². The van der Waals surface area contributed by atoms with Crippen molar-refractivity contribution in [2.75, 3.05) is 6.16 Å². The molecule has 0 amide bonds. The van der Waals surface area contributed by atoms with Crippen LogP contribution in [0.5, 0.6) is 0 Å². The third-order valence-electron chi connectivity index (χ3n) is 7.12. The van der Waals surface area contributed by atoms with E-state index in [1.54, 1.807) is 0 Å². The number of carbonyl (C=O) groups is 2. The number of rotatable bonds is 15. The second kappa shape index (κ2) is 11.4. The van der Waals surface area contributed by atoms with E-state index in [1.807, 2.05) is 38.1 Å². The number of nitrogens with zero attached hydrogens (tertiary/aromatic N) is 1. The third kappa shape index (κ3) is 6.98. The minimum Gasteiger partial charge on any atom is -0.481 e. The molecule has 0 aliphatic carbocycles. The lowest BCUT2D eigenvalue weighted by atomic mass is 9.56. The van der Waals surface area contributed by atoms with Gasteiger partial charge in [0.2, 0.25) is 0 Å². The van der Waals surface area contributed by atoms with Crippen LogP contribution >= 0.6 is 7.60 Å². The fourth-order valence-electron chi connectivity index (χ4n) is 5.32. The fraction of sp³-hybridized carbons (Fsp3) is 0.625. The summed E-state index contributed by atoms with van der Waals surface area (Å²) in [5, 5.41) is 17.9. The Morgan fingerprint density at radius 3 is 1.94 bits per heavy atom. The molecule has 8 nitrogen and oxygen atoms in total. The highest BCUT2D eigenvalue weighted by Crippen LogP contribution is 2.60. The van der Waals surface area contributed by atoms with Crippen LogP contribution in [-0.4, -0.2) is 43.8 Å². The molecule has 1 aromatic carbocycles.